The molecule has 0 aliphatic carbocycles. The summed E-state index contributed by atoms with van der Waals surface area (Å²) in [6.45, 7) is 3.88. The largest absolute Gasteiger partial charge is 0.344 e. The molecular formula is C22H21N3O2. The van der Waals surface area contributed by atoms with Crippen LogP contribution in [0.5, 0.6) is 0 Å². The second-order valence-corrected chi connectivity index (χ2v) is 6.33. The Hall–Kier alpha value is -3.47. The number of pyridine rings is 1. The number of rotatable bonds is 5. The van der Waals surface area contributed by atoms with Crippen molar-refractivity contribution in [1.29, 1.82) is 0 Å². The highest BCUT2D eigenvalue weighted by Gasteiger charge is 2.15. The van der Waals surface area contributed by atoms with Gasteiger partial charge in [-0.2, -0.15) is 0 Å². The number of hydrogen-bond donors (Lipinski definition) is 2. The summed E-state index contributed by atoms with van der Waals surface area (Å²) in [6, 6.07) is 21.8. The number of aromatic nitrogens is 1. The lowest BCUT2D eigenvalue weighted by Crippen LogP contribution is -2.28. The molecule has 136 valence electrons. The van der Waals surface area contributed by atoms with Crippen LogP contribution in [0.15, 0.2) is 72.8 Å². The van der Waals surface area contributed by atoms with Crippen molar-refractivity contribution in [2.45, 2.75) is 19.9 Å². The smallest absolute Gasteiger partial charge is 0.274 e. The Morgan fingerprint density at radius 2 is 1.44 bits per heavy atom. The Bertz CT molecular complexity index is 937. The van der Waals surface area contributed by atoms with E-state index < -0.39 is 0 Å². The highest BCUT2D eigenvalue weighted by atomic mass is 16.2. The molecular weight excluding hydrogens is 338 g/mol. The molecule has 0 bridgehead atoms. The number of nitrogens with zero attached hydrogens (tertiary/aromatic N) is 1. The molecule has 3 aromatic rings. The first-order chi connectivity index (χ1) is 13.0. The van der Waals surface area contributed by atoms with Crippen LogP contribution in [0.4, 0.5) is 5.69 Å². The van der Waals surface area contributed by atoms with Crippen LogP contribution < -0.4 is 10.6 Å². The van der Waals surface area contributed by atoms with Gasteiger partial charge in [-0.15, -0.1) is 0 Å². The molecule has 5 heteroatoms. The number of aryl methyl sites for hydroxylation is 1. The lowest BCUT2D eigenvalue weighted by molar-refractivity contribution is 0.0934. The van der Waals surface area contributed by atoms with Crippen LogP contribution in [0.2, 0.25) is 0 Å². The van der Waals surface area contributed by atoms with Crippen LogP contribution in [0.1, 0.15) is 45.1 Å². The van der Waals surface area contributed by atoms with Crippen LogP contribution in [0.3, 0.4) is 0 Å². The Morgan fingerprint density at radius 1 is 0.815 bits per heavy atom. The maximum atomic E-state index is 12.5. The lowest BCUT2D eigenvalue weighted by atomic mass is 10.1. The molecule has 2 aromatic carbocycles. The summed E-state index contributed by atoms with van der Waals surface area (Å²) in [6.07, 6.45) is 0. The van der Waals surface area contributed by atoms with E-state index in [0.717, 1.165) is 11.1 Å². The van der Waals surface area contributed by atoms with Gasteiger partial charge in [0.05, 0.1) is 6.04 Å². The topological polar surface area (TPSA) is 71.1 Å². The van der Waals surface area contributed by atoms with E-state index in [1.165, 1.54) is 0 Å². The minimum Gasteiger partial charge on any atom is -0.344 e. The molecule has 1 aromatic heterocycles. The summed E-state index contributed by atoms with van der Waals surface area (Å²) < 4.78 is 0. The molecule has 0 saturated heterocycles. The van der Waals surface area contributed by atoms with Gasteiger partial charge in [-0.25, -0.2) is 4.98 Å². The zero-order valence-corrected chi connectivity index (χ0v) is 15.3. The van der Waals surface area contributed by atoms with Gasteiger partial charge >= 0.3 is 0 Å². The highest BCUT2D eigenvalue weighted by molar-refractivity contribution is 6.03. The van der Waals surface area contributed by atoms with E-state index in [1.807, 2.05) is 68.4 Å². The average molecular weight is 359 g/mol. The molecule has 1 atom stereocenters. The predicted molar refractivity (Wildman–Crippen MR) is 106 cm³/mol. The normalized spacial score (nSPS) is 11.5. The number of anilines is 1. The Kier molecular flexibility index (Phi) is 5.61. The zero-order chi connectivity index (χ0) is 19.2. The molecule has 0 radical (unpaired) electrons. The summed E-state index contributed by atoms with van der Waals surface area (Å²) in [5.74, 6) is -0.680. The van der Waals surface area contributed by atoms with Gasteiger partial charge in [0.25, 0.3) is 11.8 Å². The van der Waals surface area contributed by atoms with Gasteiger partial charge in [0.2, 0.25) is 0 Å². The molecule has 0 aliphatic rings. The fourth-order valence-corrected chi connectivity index (χ4v) is 2.62. The predicted octanol–water partition coefficient (Wildman–Crippen LogP) is 4.13. The van der Waals surface area contributed by atoms with Crippen LogP contribution in [-0.4, -0.2) is 16.8 Å². The van der Waals surface area contributed by atoms with Crippen molar-refractivity contribution in [2.24, 2.45) is 0 Å². The van der Waals surface area contributed by atoms with Crippen molar-refractivity contribution in [3.05, 3.63) is 95.3 Å². The molecule has 0 aliphatic heterocycles. The van der Waals surface area contributed by atoms with E-state index in [9.17, 15) is 9.59 Å². The molecule has 1 heterocycles. The van der Waals surface area contributed by atoms with Gasteiger partial charge in [0, 0.05) is 5.69 Å². The molecule has 0 fully saturated rings. The van der Waals surface area contributed by atoms with Gasteiger partial charge in [0.1, 0.15) is 11.4 Å². The van der Waals surface area contributed by atoms with Crippen LogP contribution in [0, 0.1) is 6.92 Å². The van der Waals surface area contributed by atoms with Crippen molar-refractivity contribution < 1.29 is 9.59 Å². The van der Waals surface area contributed by atoms with Crippen LogP contribution in [-0.2, 0) is 0 Å². The maximum Gasteiger partial charge on any atom is 0.274 e. The standard InChI is InChI=1S/C22H21N3O2/c1-15-11-13-18(14-12-15)24-22(27)20-10-6-9-19(25-20)21(26)23-16(2)17-7-4-3-5-8-17/h3-14,16H,1-2H3,(H,23,26)(H,24,27). The van der Waals surface area contributed by atoms with E-state index in [2.05, 4.69) is 15.6 Å². The fourth-order valence-electron chi connectivity index (χ4n) is 2.62. The van der Waals surface area contributed by atoms with Gasteiger partial charge in [-0.3, -0.25) is 9.59 Å². The maximum absolute atomic E-state index is 12.5. The van der Waals surface area contributed by atoms with E-state index >= 15 is 0 Å². The van der Waals surface area contributed by atoms with E-state index in [4.69, 9.17) is 0 Å². The third kappa shape index (κ3) is 4.79. The molecule has 0 saturated carbocycles. The Labute approximate surface area is 158 Å². The summed E-state index contributed by atoms with van der Waals surface area (Å²) in [5.41, 5.74) is 3.18. The van der Waals surface area contributed by atoms with Crippen molar-refractivity contribution in [2.75, 3.05) is 5.32 Å². The minimum atomic E-state index is -0.357. The number of hydrogen-bond acceptors (Lipinski definition) is 3. The second kappa shape index (κ2) is 8.27. The van der Waals surface area contributed by atoms with Crippen molar-refractivity contribution in [1.82, 2.24) is 10.3 Å². The Balaban J connectivity index is 1.69. The van der Waals surface area contributed by atoms with E-state index in [-0.39, 0.29) is 29.2 Å². The van der Waals surface area contributed by atoms with E-state index in [0.29, 0.717) is 5.69 Å². The summed E-state index contributed by atoms with van der Waals surface area (Å²) >= 11 is 0. The lowest BCUT2D eigenvalue weighted by Gasteiger charge is -2.14. The highest BCUT2D eigenvalue weighted by Crippen LogP contribution is 2.13. The number of carbonyl (C=O) groups is 2. The molecule has 2 N–H and O–H groups in total. The van der Waals surface area contributed by atoms with Gasteiger partial charge in [0.15, 0.2) is 0 Å². The molecule has 0 spiro atoms. The van der Waals surface area contributed by atoms with Crippen LogP contribution >= 0.6 is 0 Å². The average Bonchev–Trinajstić information content (AvgIpc) is 2.70. The van der Waals surface area contributed by atoms with Crippen molar-refractivity contribution >= 4 is 17.5 Å². The first-order valence-corrected chi connectivity index (χ1v) is 8.74. The number of benzene rings is 2. The molecule has 2 amide bonds. The number of carbonyl (C=O) groups excluding carboxylic acids is 2. The quantitative estimate of drug-likeness (QED) is 0.719. The molecule has 1 unspecified atom stereocenters. The third-order valence-electron chi connectivity index (χ3n) is 4.17. The zero-order valence-electron chi connectivity index (χ0n) is 15.3. The SMILES string of the molecule is Cc1ccc(NC(=O)c2cccc(C(=O)NC(C)c3ccccc3)n2)cc1. The second-order valence-electron chi connectivity index (χ2n) is 6.33. The summed E-state index contributed by atoms with van der Waals surface area (Å²) in [5, 5.41) is 5.69. The third-order valence-corrected chi connectivity index (χ3v) is 4.17. The molecule has 27 heavy (non-hydrogen) atoms. The first kappa shape index (κ1) is 18.3. The number of nitrogens with one attached hydrogen (secondary N) is 2. The van der Waals surface area contributed by atoms with Crippen molar-refractivity contribution in [3.63, 3.8) is 0 Å². The summed E-state index contributed by atoms with van der Waals surface area (Å²) in [4.78, 5) is 29.1. The summed E-state index contributed by atoms with van der Waals surface area (Å²) in [7, 11) is 0. The Morgan fingerprint density at radius 3 is 2.11 bits per heavy atom. The minimum absolute atomic E-state index is 0.162. The van der Waals surface area contributed by atoms with Gasteiger partial charge in [-0.1, -0.05) is 54.1 Å². The van der Waals surface area contributed by atoms with Crippen molar-refractivity contribution in [3.8, 4) is 0 Å². The fraction of sp³-hybridized carbons (Fsp3) is 0.136. The molecule has 3 rings (SSSR count). The van der Waals surface area contributed by atoms with Crippen LogP contribution in [0.25, 0.3) is 0 Å². The van der Waals surface area contributed by atoms with Gasteiger partial charge < -0.3 is 10.6 Å². The first-order valence-electron chi connectivity index (χ1n) is 8.74. The van der Waals surface area contributed by atoms with E-state index in [1.54, 1.807) is 18.2 Å². The monoisotopic (exact) mass is 359 g/mol. The molecule has 5 nitrogen and oxygen atoms in total. The van der Waals surface area contributed by atoms with Gasteiger partial charge in [-0.05, 0) is 43.7 Å². The number of amides is 2.